The average Bonchev–Trinajstić information content (AvgIpc) is 3.53. The van der Waals surface area contributed by atoms with Crippen molar-refractivity contribution in [2.45, 2.75) is 58.9 Å². The van der Waals surface area contributed by atoms with E-state index in [2.05, 4.69) is 20.5 Å². The van der Waals surface area contributed by atoms with E-state index >= 15 is 0 Å². The summed E-state index contributed by atoms with van der Waals surface area (Å²) in [5.74, 6) is -0.415. The number of carbonyl (C=O) groups is 2. The standard InChI is InChI=1S/C25H30N4O4S2/c1-25(2,3)33-23(30)20-16-7-11-32-14-19(16)34-21(20)28-24(31)27-12-17-15-6-8-26-13-18(15)35-22(17)29-9-4-5-10-29/h4-5,9-10,26H,6-8,11-14H2,1-3H3,(H2,27,28,31). The molecule has 10 heteroatoms. The van der Waals surface area contributed by atoms with Gasteiger partial charge in [-0.3, -0.25) is 5.32 Å². The van der Waals surface area contributed by atoms with E-state index in [-0.39, 0.29) is 6.03 Å². The number of fused-ring (bicyclic) bond motifs is 2. The molecule has 5 rings (SSSR count). The third-order valence-corrected chi connectivity index (χ3v) is 8.34. The fourth-order valence-corrected chi connectivity index (χ4v) is 6.90. The molecule has 0 radical (unpaired) electrons. The zero-order valence-corrected chi connectivity index (χ0v) is 21.8. The van der Waals surface area contributed by atoms with Gasteiger partial charge in [0.25, 0.3) is 0 Å². The molecule has 0 atom stereocenters. The molecule has 0 unspecified atom stereocenters. The van der Waals surface area contributed by atoms with Crippen LogP contribution in [0.3, 0.4) is 0 Å². The second-order valence-corrected chi connectivity index (χ2v) is 11.8. The molecule has 2 aliphatic heterocycles. The average molecular weight is 515 g/mol. The Hall–Kier alpha value is -2.66. The Morgan fingerprint density at radius 1 is 1.14 bits per heavy atom. The summed E-state index contributed by atoms with van der Waals surface area (Å²) in [7, 11) is 0. The van der Waals surface area contributed by atoms with Crippen LogP contribution in [0.25, 0.3) is 5.00 Å². The minimum Gasteiger partial charge on any atom is -0.456 e. The van der Waals surface area contributed by atoms with Gasteiger partial charge in [0.15, 0.2) is 0 Å². The Labute approximate surface area is 212 Å². The predicted octanol–water partition coefficient (Wildman–Crippen LogP) is 4.60. The molecule has 5 heterocycles. The summed E-state index contributed by atoms with van der Waals surface area (Å²) in [6, 6.07) is 3.66. The van der Waals surface area contributed by atoms with Gasteiger partial charge in [-0.05, 0) is 63.4 Å². The molecule has 3 aromatic heterocycles. The molecule has 0 saturated heterocycles. The molecule has 0 bridgehead atoms. The monoisotopic (exact) mass is 514 g/mol. The molecule has 0 spiro atoms. The summed E-state index contributed by atoms with van der Waals surface area (Å²) in [4.78, 5) is 28.3. The lowest BCUT2D eigenvalue weighted by atomic mass is 10.0. The van der Waals surface area contributed by atoms with Crippen molar-refractivity contribution in [2.24, 2.45) is 0 Å². The maximum absolute atomic E-state index is 13.0. The SMILES string of the molecule is CC(C)(C)OC(=O)c1c(NC(=O)NCc2c(-n3cccc3)sc3c2CCNC3)sc2c1CCOC2. The van der Waals surface area contributed by atoms with E-state index in [4.69, 9.17) is 9.47 Å². The zero-order valence-electron chi connectivity index (χ0n) is 20.2. The van der Waals surface area contributed by atoms with Gasteiger partial charge >= 0.3 is 12.0 Å². The number of hydrogen-bond donors (Lipinski definition) is 3. The lowest BCUT2D eigenvalue weighted by Crippen LogP contribution is -2.30. The van der Waals surface area contributed by atoms with E-state index in [1.807, 2.05) is 45.3 Å². The number of carbonyl (C=O) groups excluding carboxylic acids is 2. The third kappa shape index (κ3) is 5.16. The van der Waals surface area contributed by atoms with Crippen molar-refractivity contribution in [3.63, 3.8) is 0 Å². The summed E-state index contributed by atoms with van der Waals surface area (Å²) in [5.41, 5.74) is 3.20. The highest BCUT2D eigenvalue weighted by atomic mass is 32.1. The van der Waals surface area contributed by atoms with Crippen LogP contribution in [0, 0.1) is 0 Å². The zero-order chi connectivity index (χ0) is 24.6. The Kier molecular flexibility index (Phi) is 6.71. The first-order chi connectivity index (χ1) is 16.8. The number of anilines is 1. The summed E-state index contributed by atoms with van der Waals surface area (Å²) in [6.07, 6.45) is 5.62. The largest absolute Gasteiger partial charge is 0.456 e. The van der Waals surface area contributed by atoms with Crippen LogP contribution in [0.5, 0.6) is 0 Å². The Morgan fingerprint density at radius 2 is 1.94 bits per heavy atom. The molecule has 0 saturated carbocycles. The van der Waals surface area contributed by atoms with Crippen LogP contribution in [0.1, 0.15) is 57.6 Å². The molecule has 2 amide bonds. The summed E-state index contributed by atoms with van der Waals surface area (Å²) < 4.78 is 13.3. The summed E-state index contributed by atoms with van der Waals surface area (Å²) in [6.45, 7) is 8.68. The van der Waals surface area contributed by atoms with Crippen molar-refractivity contribution in [1.82, 2.24) is 15.2 Å². The van der Waals surface area contributed by atoms with Gasteiger partial charge in [-0.25, -0.2) is 9.59 Å². The minimum atomic E-state index is -0.627. The summed E-state index contributed by atoms with van der Waals surface area (Å²) >= 11 is 3.14. The number of aromatic nitrogens is 1. The molecule has 0 aliphatic carbocycles. The number of esters is 1. The van der Waals surface area contributed by atoms with Gasteiger partial charge in [0.1, 0.15) is 15.6 Å². The fourth-order valence-electron chi connectivity index (χ4n) is 4.43. The number of thiophene rings is 2. The van der Waals surface area contributed by atoms with Gasteiger partial charge < -0.3 is 24.7 Å². The van der Waals surface area contributed by atoms with E-state index in [1.165, 1.54) is 21.8 Å². The van der Waals surface area contributed by atoms with Gasteiger partial charge in [0, 0.05) is 40.8 Å². The lowest BCUT2D eigenvalue weighted by molar-refractivity contribution is 0.00685. The summed E-state index contributed by atoms with van der Waals surface area (Å²) in [5, 5.41) is 11.0. The van der Waals surface area contributed by atoms with Crippen molar-refractivity contribution in [1.29, 1.82) is 0 Å². The van der Waals surface area contributed by atoms with E-state index in [0.29, 0.717) is 36.7 Å². The van der Waals surface area contributed by atoms with Crippen LogP contribution in [0.4, 0.5) is 9.80 Å². The Morgan fingerprint density at radius 3 is 2.71 bits per heavy atom. The molecule has 3 aromatic rings. The second-order valence-electron chi connectivity index (χ2n) is 9.62. The smallest absolute Gasteiger partial charge is 0.341 e. The van der Waals surface area contributed by atoms with Gasteiger partial charge in [0.2, 0.25) is 0 Å². The number of hydrogen-bond acceptors (Lipinski definition) is 7. The number of rotatable bonds is 5. The number of amides is 2. The number of ether oxygens (including phenoxy) is 2. The topological polar surface area (TPSA) is 93.6 Å². The van der Waals surface area contributed by atoms with E-state index in [9.17, 15) is 9.59 Å². The maximum atomic E-state index is 13.0. The molecular formula is C25H30N4O4S2. The third-order valence-electron chi connectivity index (χ3n) is 5.93. The number of urea groups is 1. The van der Waals surface area contributed by atoms with Gasteiger partial charge in [-0.1, -0.05) is 0 Å². The predicted molar refractivity (Wildman–Crippen MR) is 138 cm³/mol. The number of nitrogens with one attached hydrogen (secondary N) is 3. The van der Waals surface area contributed by atoms with Crippen molar-refractivity contribution in [3.05, 3.63) is 56.5 Å². The van der Waals surface area contributed by atoms with Crippen LogP contribution in [0.2, 0.25) is 0 Å². The van der Waals surface area contributed by atoms with E-state index in [0.717, 1.165) is 40.5 Å². The first-order valence-corrected chi connectivity index (χ1v) is 13.4. The fraction of sp³-hybridized carbons (Fsp3) is 0.440. The lowest BCUT2D eigenvalue weighted by Gasteiger charge is -2.21. The molecule has 2 aliphatic rings. The van der Waals surface area contributed by atoms with Crippen molar-refractivity contribution in [2.75, 3.05) is 18.5 Å². The van der Waals surface area contributed by atoms with Crippen LogP contribution in [-0.2, 0) is 42.0 Å². The van der Waals surface area contributed by atoms with Crippen LogP contribution in [-0.4, -0.2) is 35.3 Å². The van der Waals surface area contributed by atoms with E-state index in [1.54, 1.807) is 11.3 Å². The van der Waals surface area contributed by atoms with Gasteiger partial charge in [0.05, 0.1) is 18.8 Å². The molecular weight excluding hydrogens is 484 g/mol. The number of nitrogens with zero attached hydrogens (tertiary/aromatic N) is 1. The quantitative estimate of drug-likeness (QED) is 0.433. The van der Waals surface area contributed by atoms with Gasteiger partial charge in [-0.2, -0.15) is 0 Å². The first-order valence-electron chi connectivity index (χ1n) is 11.8. The van der Waals surface area contributed by atoms with Crippen LogP contribution in [0.15, 0.2) is 24.5 Å². The van der Waals surface area contributed by atoms with Crippen LogP contribution >= 0.6 is 22.7 Å². The van der Waals surface area contributed by atoms with Crippen LogP contribution < -0.4 is 16.0 Å². The van der Waals surface area contributed by atoms with Gasteiger partial charge in [-0.15, -0.1) is 22.7 Å². The van der Waals surface area contributed by atoms with Crippen molar-refractivity contribution in [3.8, 4) is 5.00 Å². The highest BCUT2D eigenvalue weighted by molar-refractivity contribution is 7.17. The Balaban J connectivity index is 1.36. The Bertz CT molecular complexity index is 1240. The highest BCUT2D eigenvalue weighted by Gasteiger charge is 2.30. The first kappa shape index (κ1) is 24.1. The van der Waals surface area contributed by atoms with E-state index < -0.39 is 11.6 Å². The normalized spacial score (nSPS) is 15.3. The maximum Gasteiger partial charge on any atom is 0.341 e. The molecule has 8 nitrogen and oxygen atoms in total. The minimum absolute atomic E-state index is 0.346. The highest BCUT2D eigenvalue weighted by Crippen LogP contribution is 2.38. The van der Waals surface area contributed by atoms with Crippen molar-refractivity contribution >= 4 is 39.7 Å². The molecule has 3 N–H and O–H groups in total. The molecule has 0 aromatic carbocycles. The molecule has 0 fully saturated rings. The molecule has 35 heavy (non-hydrogen) atoms. The van der Waals surface area contributed by atoms with Crippen molar-refractivity contribution < 1.29 is 19.1 Å². The molecule has 186 valence electrons. The second kappa shape index (κ2) is 9.77.